The van der Waals surface area contributed by atoms with Crippen LogP contribution in [0.1, 0.15) is 72.0 Å². The third-order valence-corrected chi connectivity index (χ3v) is 12.2. The van der Waals surface area contributed by atoms with E-state index in [0.29, 0.717) is 19.3 Å². The van der Waals surface area contributed by atoms with E-state index < -0.39 is 99.9 Å². The van der Waals surface area contributed by atoms with Crippen molar-refractivity contribution in [1.82, 2.24) is 0 Å². The van der Waals surface area contributed by atoms with E-state index in [0.717, 1.165) is 0 Å². The first-order valence-corrected chi connectivity index (χ1v) is 22.8. The molecule has 25 heteroatoms. The Balaban J connectivity index is 1.09. The van der Waals surface area contributed by atoms with E-state index in [4.69, 9.17) is 56.0 Å². The van der Waals surface area contributed by atoms with Crippen molar-refractivity contribution in [2.24, 2.45) is 0 Å². The molecule has 4 heterocycles. The van der Waals surface area contributed by atoms with Crippen LogP contribution in [-0.2, 0) is 65.1 Å². The first-order valence-electron chi connectivity index (χ1n) is 19.9. The van der Waals surface area contributed by atoms with Gasteiger partial charge in [-0.2, -0.15) is 0 Å². The average Bonchev–Trinajstić information content (AvgIpc) is 3.87. The van der Waals surface area contributed by atoms with Crippen LogP contribution in [0.5, 0.6) is 0 Å². The molecule has 4 aliphatic rings. The van der Waals surface area contributed by atoms with Crippen molar-refractivity contribution in [3.05, 3.63) is 39.9 Å². The first kappa shape index (κ1) is 48.1. The quantitative estimate of drug-likeness (QED) is 0.0661. The zero-order valence-corrected chi connectivity index (χ0v) is 36.4. The van der Waals surface area contributed by atoms with E-state index in [1.807, 2.05) is 43.4 Å². The minimum absolute atomic E-state index is 0.0257. The number of ether oxygens (including phenoxy) is 8. The number of para-hydroxylation sites is 1. The average molecular weight is 877 g/mol. The summed E-state index contributed by atoms with van der Waals surface area (Å²) in [5.74, 6) is 0. The molecule has 0 amide bonds. The largest absolute Gasteiger partial charge is 0.509 e. The molecule has 20 nitrogen and oxygen atoms in total. The minimum atomic E-state index is -4.74. The number of phosphoric ester groups is 2. The van der Waals surface area contributed by atoms with Gasteiger partial charge in [-0.15, -0.1) is 0 Å². The highest BCUT2D eigenvalue weighted by atomic mass is 31.2. The van der Waals surface area contributed by atoms with Gasteiger partial charge in [-0.05, 0) is 59.9 Å². The summed E-state index contributed by atoms with van der Waals surface area (Å²) in [6, 6.07) is 4.98. The van der Waals surface area contributed by atoms with Gasteiger partial charge in [-0.1, -0.05) is 12.1 Å². The molecular formula is C34H56B3NO19P2. The van der Waals surface area contributed by atoms with Crippen LogP contribution >= 0.6 is 15.6 Å². The predicted octanol–water partition coefficient (Wildman–Crippen LogP) is 1.80. The van der Waals surface area contributed by atoms with Crippen molar-refractivity contribution in [2.45, 2.75) is 145 Å². The third-order valence-electron chi connectivity index (χ3n) is 10.1. The summed E-state index contributed by atoms with van der Waals surface area (Å²) >= 11 is 0. The van der Waals surface area contributed by atoms with E-state index in [2.05, 4.69) is 0 Å². The van der Waals surface area contributed by atoms with Gasteiger partial charge in [0.2, 0.25) is 0 Å². The lowest BCUT2D eigenvalue weighted by Crippen LogP contribution is -2.36. The second kappa shape index (κ2) is 20.5. The first-order chi connectivity index (χ1) is 27.6. The molecule has 0 aromatic heterocycles. The van der Waals surface area contributed by atoms with Crippen LogP contribution < -0.4 is 0 Å². The van der Waals surface area contributed by atoms with Crippen molar-refractivity contribution in [3.8, 4) is 0 Å². The number of nitro groups is 1. The molecule has 0 bridgehead atoms. The van der Waals surface area contributed by atoms with Gasteiger partial charge >= 0.3 is 21.8 Å². The normalized spacial score (nSPS) is 34.9. The van der Waals surface area contributed by atoms with Gasteiger partial charge in [0, 0.05) is 30.5 Å². The lowest BCUT2D eigenvalue weighted by molar-refractivity contribution is -0.386. The van der Waals surface area contributed by atoms with Crippen LogP contribution in [0.3, 0.4) is 0 Å². The van der Waals surface area contributed by atoms with Gasteiger partial charge in [0.1, 0.15) is 60.2 Å². The third kappa shape index (κ3) is 14.6. The fraction of sp³-hybridized carbons (Fsp3) is 0.794. The number of hydrogen-bond donors (Lipinski definition) is 2. The molecule has 1 aromatic rings. The monoisotopic (exact) mass is 877 g/mol. The van der Waals surface area contributed by atoms with Crippen LogP contribution in [0, 0.1) is 10.1 Å². The molecule has 330 valence electrons. The maximum absolute atomic E-state index is 13.2. The molecule has 5 rings (SSSR count). The number of nitro benzene ring substituents is 1. The summed E-state index contributed by atoms with van der Waals surface area (Å²) in [5, 5.41) is 11.4. The maximum Gasteiger partial charge on any atom is 0.509 e. The van der Waals surface area contributed by atoms with Gasteiger partial charge in [0.15, 0.2) is 0 Å². The fourth-order valence-electron chi connectivity index (χ4n) is 7.44. The Morgan fingerprint density at radius 3 is 1.85 bits per heavy atom. The number of benzene rings is 1. The van der Waals surface area contributed by atoms with Crippen molar-refractivity contribution >= 4 is 51.0 Å². The van der Waals surface area contributed by atoms with E-state index in [9.17, 15) is 33.8 Å². The van der Waals surface area contributed by atoms with Crippen LogP contribution in [0.25, 0.3) is 0 Å². The van der Waals surface area contributed by atoms with E-state index in [1.54, 1.807) is 13.9 Å². The number of hydrogen-bond acceptors (Lipinski definition) is 17. The topological polar surface area (TPSA) is 246 Å². The minimum Gasteiger partial charge on any atom is -0.428 e. The molecule has 4 fully saturated rings. The van der Waals surface area contributed by atoms with Gasteiger partial charge in [-0.3, -0.25) is 28.2 Å². The molecule has 59 heavy (non-hydrogen) atoms. The Labute approximate surface area is 346 Å². The van der Waals surface area contributed by atoms with E-state index in [1.165, 1.54) is 25.1 Å². The highest BCUT2D eigenvalue weighted by molar-refractivity contribution is 7.47. The van der Waals surface area contributed by atoms with Crippen LogP contribution in [0.15, 0.2) is 24.3 Å². The standard InChI is InChI=1S/C34H56B3NO19P2/c1-18-10-23(55-33(39)51-19(2)20-8-6-7-9-21(20)38(40)41)26(50-18)14-46-22-11-30(35)53-28(22)16-48-58(42,43)57-25-13-32(37)54-29(25)17-49-59(44,45)56-24-12-31(36)52-27(24)15-47-34(3,4)5/h6-9,18-19,22-32H,10-17,35-37H2,1-5H3,(H,42,43)(H,44,45). The maximum atomic E-state index is 13.2. The highest BCUT2D eigenvalue weighted by Crippen LogP contribution is 2.50. The zero-order chi connectivity index (χ0) is 43.3. The number of carbonyl (C=O) groups is 1. The summed E-state index contributed by atoms with van der Waals surface area (Å²) in [5.41, 5.74) is -0.427. The van der Waals surface area contributed by atoms with E-state index in [-0.39, 0.29) is 55.6 Å². The van der Waals surface area contributed by atoms with Crippen LogP contribution in [-0.4, -0.2) is 149 Å². The van der Waals surface area contributed by atoms with Crippen molar-refractivity contribution in [3.63, 3.8) is 0 Å². The lowest BCUT2D eigenvalue weighted by Gasteiger charge is -2.27. The molecule has 15 unspecified atom stereocenters. The van der Waals surface area contributed by atoms with Crippen LogP contribution in [0.4, 0.5) is 10.5 Å². The summed E-state index contributed by atoms with van der Waals surface area (Å²) in [7, 11) is -4.03. The fourth-order valence-corrected chi connectivity index (χ4v) is 9.36. The summed E-state index contributed by atoms with van der Waals surface area (Å²) in [4.78, 5) is 45.0. The van der Waals surface area contributed by atoms with Gasteiger partial charge < -0.3 is 47.7 Å². The Kier molecular flexibility index (Phi) is 16.7. The van der Waals surface area contributed by atoms with Gasteiger partial charge in [0.05, 0.1) is 66.9 Å². The van der Waals surface area contributed by atoms with Crippen molar-refractivity contribution in [2.75, 3.05) is 26.4 Å². The second-order valence-corrected chi connectivity index (χ2v) is 19.3. The molecular weight excluding hydrogens is 821 g/mol. The highest BCUT2D eigenvalue weighted by Gasteiger charge is 2.45. The number of carbonyl (C=O) groups excluding carboxylic acids is 1. The van der Waals surface area contributed by atoms with Crippen molar-refractivity contribution in [1.29, 1.82) is 0 Å². The molecule has 0 aliphatic carbocycles. The number of nitrogens with zero attached hydrogens (tertiary/aromatic N) is 1. The predicted molar refractivity (Wildman–Crippen MR) is 214 cm³/mol. The summed E-state index contributed by atoms with van der Waals surface area (Å²) in [6.45, 7) is 8.22. The Bertz CT molecular complexity index is 1680. The molecule has 1 aromatic carbocycles. The second-order valence-electron chi connectivity index (χ2n) is 16.5. The molecule has 4 saturated heterocycles. The molecule has 0 radical (unpaired) electrons. The summed E-state index contributed by atoms with van der Waals surface area (Å²) in [6.07, 6.45) is -7.20. The van der Waals surface area contributed by atoms with Gasteiger partial charge in [-0.25, -0.2) is 13.9 Å². The van der Waals surface area contributed by atoms with E-state index >= 15 is 0 Å². The molecule has 15 atom stereocenters. The van der Waals surface area contributed by atoms with Crippen LogP contribution in [0.2, 0.25) is 0 Å². The SMILES string of the molecule is BC1CC(OCC2OC(C)CC2OC(=O)OC(C)c2ccccc2[N+](=O)[O-])C(COP(=O)(O)OC2CC(B)OC2COP(=O)(O)OC2CC(B)OC2COC(C)(C)C)O1. The Hall–Kier alpha value is -1.94. The number of rotatable bonds is 19. The number of phosphoric acid groups is 2. The lowest BCUT2D eigenvalue weighted by atomic mass is 9.96. The molecule has 0 saturated carbocycles. The summed E-state index contributed by atoms with van der Waals surface area (Å²) < 4.78 is 94.2. The molecule has 0 spiro atoms. The Morgan fingerprint density at radius 1 is 0.814 bits per heavy atom. The molecule has 2 N–H and O–H groups in total. The Morgan fingerprint density at radius 2 is 1.31 bits per heavy atom. The molecule has 4 aliphatic heterocycles. The van der Waals surface area contributed by atoms with Gasteiger partial charge in [0.25, 0.3) is 5.69 Å². The smallest absolute Gasteiger partial charge is 0.428 e. The van der Waals surface area contributed by atoms with Crippen molar-refractivity contribution < 1.29 is 84.6 Å². The zero-order valence-electron chi connectivity index (χ0n) is 34.6.